The van der Waals surface area contributed by atoms with Crippen LogP contribution < -0.4 is 20.3 Å². The summed E-state index contributed by atoms with van der Waals surface area (Å²) in [4.78, 5) is 38.3. The van der Waals surface area contributed by atoms with E-state index in [-0.39, 0.29) is 12.0 Å². The van der Waals surface area contributed by atoms with E-state index in [1.54, 1.807) is 31.4 Å². The summed E-state index contributed by atoms with van der Waals surface area (Å²) in [6.45, 7) is 1.91. The van der Waals surface area contributed by atoms with Gasteiger partial charge >= 0.3 is 5.97 Å². The Labute approximate surface area is 230 Å². The summed E-state index contributed by atoms with van der Waals surface area (Å²) in [7, 11) is 3.05. The molecule has 0 saturated carbocycles. The normalized spacial score (nSPS) is 11.5. The fraction of sp³-hybridized carbons (Fsp3) is 0.167. The van der Waals surface area contributed by atoms with E-state index in [0.717, 1.165) is 16.7 Å². The number of methoxy groups -OCH3 is 2. The fourth-order valence-electron chi connectivity index (χ4n) is 4.29. The van der Waals surface area contributed by atoms with E-state index in [1.165, 1.54) is 48.2 Å². The Morgan fingerprint density at radius 3 is 2.38 bits per heavy atom. The predicted molar refractivity (Wildman–Crippen MR) is 150 cm³/mol. The second-order valence-corrected chi connectivity index (χ2v) is 9.34. The number of aromatic carboxylic acids is 1. The maximum atomic E-state index is 13.6. The third-order valence-electron chi connectivity index (χ3n) is 6.35. The van der Waals surface area contributed by atoms with Crippen LogP contribution in [0.15, 0.2) is 83.8 Å². The molecule has 0 bridgehead atoms. The lowest BCUT2D eigenvalue weighted by molar-refractivity contribution is -0.119. The van der Waals surface area contributed by atoms with Crippen LogP contribution in [0.3, 0.4) is 0 Å². The molecule has 1 heterocycles. The molecule has 8 nitrogen and oxygen atoms in total. The lowest BCUT2D eigenvalue weighted by Crippen LogP contribution is -2.34. The first-order valence-electron chi connectivity index (χ1n) is 12.0. The standard InChI is InChI=1S/C30H27ClN2O6/c1-18-7-10-21(31)15-24(18)25-16-28(34)33(17-27(25)39-3)26(14-19-5-4-6-23(13-19)38-2)29(35)32-22-11-8-20(9-12-22)30(36)37/h4-13,15-17,26H,14H2,1-3H3,(H,32,35)(H,36,37). The zero-order valence-electron chi connectivity index (χ0n) is 21.6. The predicted octanol–water partition coefficient (Wildman–Crippen LogP) is 5.62. The van der Waals surface area contributed by atoms with Crippen molar-refractivity contribution in [2.24, 2.45) is 0 Å². The number of aromatic nitrogens is 1. The molecule has 1 unspecified atom stereocenters. The van der Waals surface area contributed by atoms with E-state index in [9.17, 15) is 14.4 Å². The van der Waals surface area contributed by atoms with Gasteiger partial charge in [-0.05, 0) is 72.1 Å². The number of halogens is 1. The van der Waals surface area contributed by atoms with Crippen molar-refractivity contribution in [3.63, 3.8) is 0 Å². The Morgan fingerprint density at radius 2 is 1.72 bits per heavy atom. The minimum Gasteiger partial charge on any atom is -0.497 e. The van der Waals surface area contributed by atoms with Crippen molar-refractivity contribution < 1.29 is 24.2 Å². The molecule has 1 amide bonds. The van der Waals surface area contributed by atoms with Gasteiger partial charge in [0.2, 0.25) is 5.91 Å². The molecule has 3 aromatic carbocycles. The van der Waals surface area contributed by atoms with Crippen LogP contribution in [0.4, 0.5) is 5.69 Å². The van der Waals surface area contributed by atoms with Crippen molar-refractivity contribution in [3.05, 3.63) is 111 Å². The zero-order valence-corrected chi connectivity index (χ0v) is 22.4. The van der Waals surface area contributed by atoms with Crippen molar-refractivity contribution in [1.29, 1.82) is 0 Å². The number of ether oxygens (including phenoxy) is 2. The molecule has 0 aliphatic rings. The van der Waals surface area contributed by atoms with Gasteiger partial charge in [0, 0.05) is 28.8 Å². The number of nitrogens with zero attached hydrogens (tertiary/aromatic N) is 1. The molecule has 200 valence electrons. The molecule has 2 N–H and O–H groups in total. The van der Waals surface area contributed by atoms with Gasteiger partial charge in [0.05, 0.1) is 26.0 Å². The summed E-state index contributed by atoms with van der Waals surface area (Å²) < 4.78 is 12.3. The Morgan fingerprint density at radius 1 is 0.974 bits per heavy atom. The smallest absolute Gasteiger partial charge is 0.335 e. The van der Waals surface area contributed by atoms with E-state index < -0.39 is 23.5 Å². The quantitative estimate of drug-likeness (QED) is 0.282. The summed E-state index contributed by atoms with van der Waals surface area (Å²) in [5.41, 5.74) is 3.07. The Kier molecular flexibility index (Phi) is 8.36. The summed E-state index contributed by atoms with van der Waals surface area (Å²) >= 11 is 6.22. The molecule has 9 heteroatoms. The SMILES string of the molecule is COc1cccc(CC(C(=O)Nc2ccc(C(=O)O)cc2)n2cc(OC)c(-c3cc(Cl)ccc3C)cc2=O)c1. The monoisotopic (exact) mass is 546 g/mol. The molecule has 4 rings (SSSR count). The number of carbonyl (C=O) groups excluding carboxylic acids is 1. The third kappa shape index (κ3) is 6.30. The van der Waals surface area contributed by atoms with Gasteiger partial charge in [0.25, 0.3) is 5.56 Å². The maximum absolute atomic E-state index is 13.6. The first kappa shape index (κ1) is 27.5. The largest absolute Gasteiger partial charge is 0.497 e. The number of rotatable bonds is 9. The lowest BCUT2D eigenvalue weighted by Gasteiger charge is -2.22. The minimum absolute atomic E-state index is 0.0915. The number of carboxylic acids is 1. The van der Waals surface area contributed by atoms with Crippen LogP contribution in [-0.4, -0.2) is 35.8 Å². The van der Waals surface area contributed by atoms with Gasteiger partial charge in [-0.25, -0.2) is 4.79 Å². The van der Waals surface area contributed by atoms with Crippen molar-refractivity contribution in [1.82, 2.24) is 4.57 Å². The number of carbonyl (C=O) groups is 2. The molecule has 0 saturated heterocycles. The Hall–Kier alpha value is -4.56. The highest BCUT2D eigenvalue weighted by molar-refractivity contribution is 6.30. The molecular formula is C30H27ClN2O6. The summed E-state index contributed by atoms with van der Waals surface area (Å²) in [6.07, 6.45) is 1.70. The molecule has 4 aromatic rings. The summed E-state index contributed by atoms with van der Waals surface area (Å²) in [6, 6.07) is 18.9. The van der Waals surface area contributed by atoms with E-state index >= 15 is 0 Å². The van der Waals surface area contributed by atoms with Crippen molar-refractivity contribution in [3.8, 4) is 22.6 Å². The van der Waals surface area contributed by atoms with Crippen LogP contribution in [0, 0.1) is 6.92 Å². The van der Waals surface area contributed by atoms with Gasteiger partial charge in [-0.3, -0.25) is 14.2 Å². The number of benzene rings is 3. The molecule has 1 atom stereocenters. The number of carboxylic acid groups (broad SMARTS) is 1. The molecule has 0 fully saturated rings. The number of anilines is 1. The van der Waals surface area contributed by atoms with Crippen molar-refractivity contribution in [2.75, 3.05) is 19.5 Å². The second-order valence-electron chi connectivity index (χ2n) is 8.90. The molecule has 39 heavy (non-hydrogen) atoms. The molecular weight excluding hydrogens is 520 g/mol. The highest BCUT2D eigenvalue weighted by Crippen LogP contribution is 2.33. The van der Waals surface area contributed by atoms with Crippen LogP contribution in [-0.2, 0) is 11.2 Å². The van der Waals surface area contributed by atoms with Crippen molar-refractivity contribution >= 4 is 29.2 Å². The second kappa shape index (κ2) is 11.9. The molecule has 0 aliphatic carbocycles. The molecule has 1 aromatic heterocycles. The first-order chi connectivity index (χ1) is 18.7. The topological polar surface area (TPSA) is 107 Å². The number of amides is 1. The minimum atomic E-state index is -1.07. The highest BCUT2D eigenvalue weighted by Gasteiger charge is 2.25. The van der Waals surface area contributed by atoms with Crippen LogP contribution in [0.25, 0.3) is 11.1 Å². The molecule has 0 spiro atoms. The zero-order chi connectivity index (χ0) is 28.1. The van der Waals surface area contributed by atoms with Crippen LogP contribution in [0.5, 0.6) is 11.5 Å². The lowest BCUT2D eigenvalue weighted by atomic mass is 10.00. The summed E-state index contributed by atoms with van der Waals surface area (Å²) in [5, 5.41) is 12.5. The van der Waals surface area contributed by atoms with E-state index in [4.69, 9.17) is 26.2 Å². The van der Waals surface area contributed by atoms with E-state index in [1.807, 2.05) is 25.1 Å². The average molecular weight is 547 g/mol. The Bertz CT molecular complexity index is 1580. The van der Waals surface area contributed by atoms with Crippen LogP contribution in [0.1, 0.15) is 27.5 Å². The number of hydrogen-bond acceptors (Lipinski definition) is 5. The molecule has 0 aliphatic heterocycles. The van der Waals surface area contributed by atoms with Gasteiger partial charge in [0.1, 0.15) is 17.5 Å². The maximum Gasteiger partial charge on any atom is 0.335 e. The van der Waals surface area contributed by atoms with E-state index in [2.05, 4.69) is 5.32 Å². The van der Waals surface area contributed by atoms with Crippen molar-refractivity contribution in [2.45, 2.75) is 19.4 Å². The van der Waals surface area contributed by atoms with Crippen LogP contribution in [0.2, 0.25) is 5.02 Å². The van der Waals surface area contributed by atoms with Crippen LogP contribution >= 0.6 is 11.6 Å². The third-order valence-corrected chi connectivity index (χ3v) is 6.59. The fourth-order valence-corrected chi connectivity index (χ4v) is 4.46. The average Bonchev–Trinajstić information content (AvgIpc) is 2.93. The number of nitrogens with one attached hydrogen (secondary N) is 1. The molecule has 0 radical (unpaired) electrons. The first-order valence-corrected chi connectivity index (χ1v) is 12.4. The number of pyridine rings is 1. The van der Waals surface area contributed by atoms with Gasteiger partial charge in [0.15, 0.2) is 0 Å². The highest BCUT2D eigenvalue weighted by atomic mass is 35.5. The number of hydrogen-bond donors (Lipinski definition) is 2. The summed E-state index contributed by atoms with van der Waals surface area (Å²) in [5.74, 6) is -0.518. The van der Waals surface area contributed by atoms with Gasteiger partial charge < -0.3 is 19.9 Å². The Balaban J connectivity index is 1.78. The van der Waals surface area contributed by atoms with E-state index in [0.29, 0.717) is 27.8 Å². The van der Waals surface area contributed by atoms with Gasteiger partial charge in [-0.1, -0.05) is 29.8 Å². The number of aryl methyl sites for hydroxylation is 1. The van der Waals surface area contributed by atoms with Gasteiger partial charge in [-0.2, -0.15) is 0 Å². The van der Waals surface area contributed by atoms with Gasteiger partial charge in [-0.15, -0.1) is 0 Å².